The van der Waals surface area contributed by atoms with Crippen molar-refractivity contribution in [1.82, 2.24) is 20.3 Å². The van der Waals surface area contributed by atoms with Gasteiger partial charge in [0.2, 0.25) is 17.7 Å². The lowest BCUT2D eigenvalue weighted by Crippen LogP contribution is -2.41. The van der Waals surface area contributed by atoms with Gasteiger partial charge in [0.15, 0.2) is 0 Å². The summed E-state index contributed by atoms with van der Waals surface area (Å²) in [5, 5.41) is 3.08. The van der Waals surface area contributed by atoms with Gasteiger partial charge in [0.05, 0.1) is 7.11 Å². The Bertz CT molecular complexity index is 859. The van der Waals surface area contributed by atoms with Crippen LogP contribution in [0.1, 0.15) is 38.2 Å². The molecule has 8 heteroatoms. The molecule has 2 aliphatic rings. The first-order chi connectivity index (χ1) is 15.1. The fraction of sp³-hybridized carbons (Fsp3) is 0.565. The molecule has 2 fully saturated rings. The molecular formula is C23H32N6O2. The predicted molar refractivity (Wildman–Crippen MR) is 120 cm³/mol. The Labute approximate surface area is 184 Å². The molecule has 4 heterocycles. The van der Waals surface area contributed by atoms with Gasteiger partial charge < -0.3 is 19.9 Å². The van der Waals surface area contributed by atoms with Crippen molar-refractivity contribution in [3.8, 4) is 5.88 Å². The number of rotatable bonds is 6. The van der Waals surface area contributed by atoms with Gasteiger partial charge >= 0.3 is 0 Å². The van der Waals surface area contributed by atoms with Gasteiger partial charge in [-0.3, -0.25) is 4.79 Å². The number of aromatic nitrogens is 3. The molecule has 0 aliphatic carbocycles. The maximum absolute atomic E-state index is 12.7. The molecule has 8 nitrogen and oxygen atoms in total. The van der Waals surface area contributed by atoms with Crippen LogP contribution < -0.4 is 19.9 Å². The van der Waals surface area contributed by atoms with E-state index >= 15 is 0 Å². The van der Waals surface area contributed by atoms with Gasteiger partial charge in [0.1, 0.15) is 5.82 Å². The second kappa shape index (κ2) is 9.94. The zero-order chi connectivity index (χ0) is 21.6. The van der Waals surface area contributed by atoms with E-state index in [4.69, 9.17) is 4.74 Å². The highest BCUT2D eigenvalue weighted by molar-refractivity contribution is 5.78. The number of nitrogens with zero attached hydrogens (tertiary/aromatic N) is 5. The maximum atomic E-state index is 12.7. The van der Waals surface area contributed by atoms with Gasteiger partial charge in [-0.15, -0.1) is 0 Å². The van der Waals surface area contributed by atoms with Crippen LogP contribution in [-0.2, 0) is 11.3 Å². The molecule has 2 aromatic rings. The smallest absolute Gasteiger partial charge is 0.228 e. The van der Waals surface area contributed by atoms with Crippen LogP contribution in [0.5, 0.6) is 5.88 Å². The lowest BCUT2D eigenvalue weighted by atomic mass is 9.96. The monoisotopic (exact) mass is 424 g/mol. The van der Waals surface area contributed by atoms with Crippen molar-refractivity contribution in [1.29, 1.82) is 0 Å². The Morgan fingerprint density at radius 3 is 2.48 bits per heavy atom. The predicted octanol–water partition coefficient (Wildman–Crippen LogP) is 2.65. The summed E-state index contributed by atoms with van der Waals surface area (Å²) in [4.78, 5) is 30.4. The molecule has 2 aromatic heterocycles. The summed E-state index contributed by atoms with van der Waals surface area (Å²) < 4.78 is 5.18. The number of hydrogen-bond acceptors (Lipinski definition) is 7. The van der Waals surface area contributed by atoms with Gasteiger partial charge in [-0.25, -0.2) is 9.97 Å². The molecule has 166 valence electrons. The van der Waals surface area contributed by atoms with Gasteiger partial charge in [0.25, 0.3) is 0 Å². The first kappa shape index (κ1) is 21.3. The Morgan fingerprint density at radius 2 is 1.81 bits per heavy atom. The summed E-state index contributed by atoms with van der Waals surface area (Å²) >= 11 is 0. The number of ether oxygens (including phenoxy) is 1. The second-order valence-corrected chi connectivity index (χ2v) is 8.57. The van der Waals surface area contributed by atoms with Crippen molar-refractivity contribution >= 4 is 17.7 Å². The molecule has 0 bridgehead atoms. The molecule has 1 amide bonds. The van der Waals surface area contributed by atoms with Crippen LogP contribution in [0.2, 0.25) is 0 Å². The van der Waals surface area contributed by atoms with Gasteiger partial charge in [-0.2, -0.15) is 4.98 Å². The molecular weight excluding hydrogens is 392 g/mol. The minimum atomic E-state index is 0.0180. The van der Waals surface area contributed by atoms with E-state index in [0.717, 1.165) is 56.3 Å². The molecule has 0 saturated carbocycles. The first-order valence-corrected chi connectivity index (χ1v) is 11.2. The maximum Gasteiger partial charge on any atom is 0.228 e. The quantitative estimate of drug-likeness (QED) is 0.763. The summed E-state index contributed by atoms with van der Waals surface area (Å²) in [5.74, 6) is 3.19. The second-order valence-electron chi connectivity index (χ2n) is 8.57. The van der Waals surface area contributed by atoms with Crippen LogP contribution in [0.4, 0.5) is 11.8 Å². The largest absolute Gasteiger partial charge is 0.481 e. The van der Waals surface area contributed by atoms with Crippen molar-refractivity contribution in [3.63, 3.8) is 0 Å². The van der Waals surface area contributed by atoms with Crippen LogP contribution in [0.3, 0.4) is 0 Å². The summed E-state index contributed by atoms with van der Waals surface area (Å²) in [6.45, 7) is 6.49. The third kappa shape index (κ3) is 5.42. The third-order valence-corrected chi connectivity index (χ3v) is 6.36. The van der Waals surface area contributed by atoms with Gasteiger partial charge in [-0.1, -0.05) is 13.0 Å². The van der Waals surface area contributed by atoms with Gasteiger partial charge in [0, 0.05) is 57.1 Å². The molecule has 0 spiro atoms. The van der Waals surface area contributed by atoms with E-state index in [2.05, 4.69) is 49.1 Å². The first-order valence-electron chi connectivity index (χ1n) is 11.2. The topological polar surface area (TPSA) is 83.5 Å². The van der Waals surface area contributed by atoms with Crippen LogP contribution >= 0.6 is 0 Å². The molecule has 4 rings (SSSR count). The van der Waals surface area contributed by atoms with Gasteiger partial charge in [-0.05, 0) is 43.2 Å². The highest BCUT2D eigenvalue weighted by Gasteiger charge is 2.26. The Kier molecular flexibility index (Phi) is 6.84. The molecule has 2 saturated heterocycles. The van der Waals surface area contributed by atoms with Crippen LogP contribution in [-0.4, -0.2) is 54.1 Å². The van der Waals surface area contributed by atoms with E-state index in [-0.39, 0.29) is 11.8 Å². The number of carbonyl (C=O) groups is 1. The average molecular weight is 425 g/mol. The van der Waals surface area contributed by atoms with E-state index in [1.165, 1.54) is 12.8 Å². The summed E-state index contributed by atoms with van der Waals surface area (Å²) in [7, 11) is 1.60. The Hall–Kier alpha value is -2.90. The van der Waals surface area contributed by atoms with Crippen molar-refractivity contribution in [2.75, 3.05) is 43.1 Å². The minimum Gasteiger partial charge on any atom is -0.481 e. The highest BCUT2D eigenvalue weighted by atomic mass is 16.5. The third-order valence-electron chi connectivity index (χ3n) is 6.36. The number of anilines is 2. The van der Waals surface area contributed by atoms with E-state index < -0.39 is 0 Å². The molecule has 0 radical (unpaired) electrons. The van der Waals surface area contributed by atoms with E-state index in [1.807, 2.05) is 6.20 Å². The normalized spacial score (nSPS) is 18.1. The van der Waals surface area contributed by atoms with Crippen molar-refractivity contribution in [2.45, 2.75) is 39.2 Å². The lowest BCUT2D eigenvalue weighted by Gasteiger charge is -2.31. The molecule has 0 atom stereocenters. The molecule has 2 aliphatic heterocycles. The summed E-state index contributed by atoms with van der Waals surface area (Å²) in [5.41, 5.74) is 1.03. The number of carbonyl (C=O) groups excluding carboxylic acids is 1. The molecule has 31 heavy (non-hydrogen) atoms. The van der Waals surface area contributed by atoms with Crippen molar-refractivity contribution < 1.29 is 9.53 Å². The summed E-state index contributed by atoms with van der Waals surface area (Å²) in [6.07, 6.45) is 7.61. The fourth-order valence-corrected chi connectivity index (χ4v) is 4.22. The van der Waals surface area contributed by atoms with E-state index in [0.29, 0.717) is 18.4 Å². The molecule has 0 unspecified atom stereocenters. The Morgan fingerprint density at radius 1 is 1.06 bits per heavy atom. The number of piperidine rings is 2. The van der Waals surface area contributed by atoms with E-state index in [9.17, 15) is 4.79 Å². The number of hydrogen-bond donors (Lipinski definition) is 1. The van der Waals surface area contributed by atoms with Crippen molar-refractivity contribution in [3.05, 3.63) is 36.2 Å². The summed E-state index contributed by atoms with van der Waals surface area (Å²) in [6, 6.07) is 5.88. The van der Waals surface area contributed by atoms with Crippen LogP contribution in [0.15, 0.2) is 30.6 Å². The lowest BCUT2D eigenvalue weighted by molar-refractivity contribution is -0.125. The minimum absolute atomic E-state index is 0.0180. The van der Waals surface area contributed by atoms with E-state index in [1.54, 1.807) is 19.4 Å². The molecule has 1 N–H and O–H groups in total. The Balaban J connectivity index is 1.23. The number of nitrogens with one attached hydrogen (secondary N) is 1. The SMILES string of the molecule is COc1ccnc(N2CCC(C(=O)NCc3ccc(N4CCC(C)CC4)nc3)CC2)n1. The zero-order valence-electron chi connectivity index (χ0n) is 18.5. The number of pyridine rings is 1. The number of methoxy groups -OCH3 is 1. The van der Waals surface area contributed by atoms with Crippen molar-refractivity contribution in [2.24, 2.45) is 11.8 Å². The number of amides is 1. The zero-order valence-corrected chi connectivity index (χ0v) is 18.5. The highest BCUT2D eigenvalue weighted by Crippen LogP contribution is 2.23. The van der Waals surface area contributed by atoms with Crippen LogP contribution in [0, 0.1) is 11.8 Å². The standard InChI is InChI=1S/C23H32N6O2/c1-17-6-11-28(12-7-17)20-4-3-18(15-25-20)16-26-22(30)19-8-13-29(14-9-19)23-24-10-5-21(27-23)31-2/h3-5,10,15,17,19H,6-9,11-14,16H2,1-2H3,(H,26,30). The van der Waals surface area contributed by atoms with Crippen LogP contribution in [0.25, 0.3) is 0 Å². The fourth-order valence-electron chi connectivity index (χ4n) is 4.22. The average Bonchev–Trinajstić information content (AvgIpc) is 2.83. The molecule has 0 aromatic carbocycles.